The van der Waals surface area contributed by atoms with Gasteiger partial charge in [0.2, 0.25) is 17.7 Å². The van der Waals surface area contributed by atoms with E-state index in [1.165, 1.54) is 105 Å². The first-order valence-corrected chi connectivity index (χ1v) is 32.6. The molecule has 3 aliphatic heterocycles. The monoisotopic (exact) mass is 2330 g/mol. The molecule has 15 aromatic carbocycles. The van der Waals surface area contributed by atoms with Gasteiger partial charge in [0, 0.05) is 297 Å². The molecule has 0 unspecified atom stereocenters. The number of hydrogen-bond donors (Lipinski definition) is 0. The third-order valence-electron chi connectivity index (χ3n) is 22.5. The van der Waals surface area contributed by atoms with Crippen molar-refractivity contribution in [2.45, 2.75) is 125 Å². The Morgan fingerprint density at radius 2 is 0.476 bits per heavy atom. The number of benzene rings is 15. The van der Waals surface area contributed by atoms with E-state index in [-0.39, 0.29) is 295 Å². The molecule has 15 aromatic rings. The van der Waals surface area contributed by atoms with Crippen molar-refractivity contribution in [1.82, 2.24) is 14.7 Å². The van der Waals surface area contributed by atoms with E-state index in [4.69, 9.17) is 0 Å². The molecular weight excluding hydrogens is 2270 g/mol. The maximum Gasteiger partial charge on any atom is 0.259 e. The van der Waals surface area contributed by atoms with Crippen LogP contribution in [0.25, 0.3) is 129 Å². The molecule has 0 N–H and O–H groups in total. The van der Waals surface area contributed by atoms with Crippen LogP contribution in [0, 0.1) is 179 Å². The number of fused-ring (bicyclic) bond motifs is 6. The molecule has 18 heteroatoms. The summed E-state index contributed by atoms with van der Waals surface area (Å²) in [6.45, 7) is 36.8. The number of nitrogens with zero attached hydrogens (tertiary/aromatic N) is 3. The Morgan fingerprint density at radius 3 is 0.781 bits per heavy atom. The first kappa shape index (κ1) is 90.5. The molecule has 18 rings (SSSR count). The molecule has 0 saturated carbocycles. The molecular formula is C87H66N3O6W3Y6-9. The zero-order valence-corrected chi connectivity index (χ0v) is 88.5. The van der Waals surface area contributed by atoms with Gasteiger partial charge in [0.25, 0.3) is 17.7 Å². The molecule has 0 aromatic heterocycles. The Bertz CT molecular complexity index is 6190. The molecule has 0 bridgehead atoms. The van der Waals surface area contributed by atoms with Crippen molar-refractivity contribution < 1.29 is 288 Å². The molecule has 510 valence electrons. The minimum atomic E-state index is -0.333. The van der Waals surface area contributed by atoms with Crippen molar-refractivity contribution in [2.24, 2.45) is 0 Å². The topological polar surface area (TPSA) is 112 Å². The molecule has 6 radical (unpaired) electrons. The molecule has 105 heavy (non-hydrogen) atoms. The molecule has 9 nitrogen and oxygen atoms in total. The average molecular weight is 2330 g/mol. The first-order valence-electron chi connectivity index (χ1n) is 32.6. The fourth-order valence-electron chi connectivity index (χ4n) is 17.1. The molecule has 3 heterocycles. The Kier molecular flexibility index (Phi) is 27.5. The smallest absolute Gasteiger partial charge is 0.259 e. The summed E-state index contributed by atoms with van der Waals surface area (Å²) in [6, 6.07) is 38.9. The van der Waals surface area contributed by atoms with Crippen LogP contribution < -0.4 is 0 Å². The summed E-state index contributed by atoms with van der Waals surface area (Å²) in [7, 11) is 4.61. The summed E-state index contributed by atoms with van der Waals surface area (Å²) in [5.41, 5.74) is 21.5. The fraction of sp³-hybridized carbons (Fsp3) is 0.241. The minimum Gasteiger partial charge on any atom is -0.286 e. The third-order valence-corrected chi connectivity index (χ3v) is 22.5. The van der Waals surface area contributed by atoms with E-state index in [0.717, 1.165) is 131 Å². The van der Waals surface area contributed by atoms with Gasteiger partial charge in [-0.3, -0.25) is 61.0 Å². The Morgan fingerprint density at radius 1 is 0.229 bits per heavy atom. The summed E-state index contributed by atoms with van der Waals surface area (Å²) in [5, 5.41) is 24.5. The van der Waals surface area contributed by atoms with Crippen molar-refractivity contribution in [1.29, 1.82) is 0 Å². The molecule has 0 spiro atoms. The van der Waals surface area contributed by atoms with Crippen LogP contribution >= 0.6 is 0 Å². The quantitative estimate of drug-likeness (QED) is 0.0647. The minimum absolute atomic E-state index is 0. The number of hydrogen-bond acceptors (Lipinski definition) is 6. The van der Waals surface area contributed by atoms with Gasteiger partial charge in [0.1, 0.15) is 0 Å². The molecule has 0 atom stereocenters. The van der Waals surface area contributed by atoms with E-state index >= 15 is 0 Å². The SMILES string of the molecule is Cc1[c-]c2c3c(C)c(C)[c-]c4cc(C)[c-]c(c5c(C)c(C)[c-]c(c1)c25)c43.Cc1[c-]c2c3c(C)c(C)c4c5c(c(C)[c-]c(c6c(C)c(C)c7c(c1C(=O)N(C)C7=O)c26)c53)C(=O)N(C)C4=O.Cc1[c-]c2cc(C)c(C)c3c4[c-]c(C)c5c6c(c(C)c(C)c(c([c-]1)c23)c64)C(=O)N(C)C5=O.[W].[W].[W].[Y].[Y].[Y].[Y].[Y].[Y]. The zero-order chi connectivity index (χ0) is 68.4. The third kappa shape index (κ3) is 12.6. The van der Waals surface area contributed by atoms with Crippen LogP contribution in [-0.4, -0.2) is 71.3 Å². The maximum atomic E-state index is 13.5. The van der Waals surface area contributed by atoms with Crippen molar-refractivity contribution in [3.05, 3.63) is 206 Å². The van der Waals surface area contributed by atoms with Crippen molar-refractivity contribution >= 4 is 165 Å². The number of carbonyl (C=O) groups excluding carboxylic acids is 6. The number of imide groups is 3. The van der Waals surface area contributed by atoms with Gasteiger partial charge in [-0.25, -0.2) is 22.4 Å². The Hall–Kier alpha value is -1.69. The number of aryl methyl sites for hydroxylation is 15. The van der Waals surface area contributed by atoms with E-state index < -0.39 is 0 Å². The summed E-state index contributed by atoms with van der Waals surface area (Å²) >= 11 is 0. The van der Waals surface area contributed by atoms with E-state index in [0.29, 0.717) is 55.3 Å². The van der Waals surface area contributed by atoms with E-state index in [9.17, 15) is 28.8 Å². The largest absolute Gasteiger partial charge is 0.286 e. The van der Waals surface area contributed by atoms with E-state index in [2.05, 4.69) is 135 Å². The second-order valence-electron chi connectivity index (χ2n) is 27.9. The zero-order valence-electron chi connectivity index (χ0n) is 62.7. The predicted octanol–water partition coefficient (Wildman–Crippen LogP) is 18.6. The number of amides is 6. The van der Waals surface area contributed by atoms with Gasteiger partial charge in [0.05, 0.1) is 0 Å². The van der Waals surface area contributed by atoms with Crippen LogP contribution in [0.1, 0.15) is 162 Å². The summed E-state index contributed by atoms with van der Waals surface area (Å²) in [5.74, 6) is -1.77. The van der Waals surface area contributed by atoms with Gasteiger partial charge in [-0.1, -0.05) is 127 Å². The van der Waals surface area contributed by atoms with Gasteiger partial charge in [0.15, 0.2) is 0 Å². The van der Waals surface area contributed by atoms with Crippen molar-refractivity contribution in [3.63, 3.8) is 0 Å². The van der Waals surface area contributed by atoms with Crippen LogP contribution in [0.2, 0.25) is 0 Å². The van der Waals surface area contributed by atoms with Gasteiger partial charge in [-0.15, -0.1) is 126 Å². The molecule has 6 amide bonds. The van der Waals surface area contributed by atoms with Crippen molar-refractivity contribution in [2.75, 3.05) is 21.1 Å². The van der Waals surface area contributed by atoms with Crippen LogP contribution in [0.4, 0.5) is 0 Å². The molecule has 3 aliphatic rings. The maximum absolute atomic E-state index is 13.5. The molecule has 0 aliphatic carbocycles. The second kappa shape index (κ2) is 31.9. The van der Waals surface area contributed by atoms with Gasteiger partial charge < -0.3 is 0 Å². The average Bonchev–Trinajstić information content (AvgIpc) is 0.713. The Labute approximate surface area is 806 Å². The first-order chi connectivity index (χ1) is 45.4. The number of rotatable bonds is 0. The fourth-order valence-corrected chi connectivity index (χ4v) is 17.1. The normalized spacial score (nSPS) is 12.9. The molecule has 0 fully saturated rings. The summed E-state index contributed by atoms with van der Waals surface area (Å²) < 4.78 is 0. The van der Waals surface area contributed by atoms with Gasteiger partial charge in [-0.2, -0.15) is 75.8 Å². The van der Waals surface area contributed by atoms with E-state index in [1.54, 1.807) is 7.05 Å². The summed E-state index contributed by atoms with van der Waals surface area (Å²) in [4.78, 5) is 84.0. The second-order valence-corrected chi connectivity index (χ2v) is 27.9. The summed E-state index contributed by atoms with van der Waals surface area (Å²) in [6.07, 6.45) is 0. The van der Waals surface area contributed by atoms with Crippen molar-refractivity contribution in [3.8, 4) is 0 Å². The number of carbonyl (C=O) groups is 6. The van der Waals surface area contributed by atoms with E-state index in [1.807, 2.05) is 62.3 Å². The van der Waals surface area contributed by atoms with Crippen LogP contribution in [0.15, 0.2) is 18.2 Å². The van der Waals surface area contributed by atoms with Crippen LogP contribution in [-0.2, 0) is 259 Å². The van der Waals surface area contributed by atoms with Crippen LogP contribution in [0.3, 0.4) is 0 Å². The predicted molar refractivity (Wildman–Crippen MR) is 387 cm³/mol. The van der Waals surface area contributed by atoms with Gasteiger partial charge >= 0.3 is 0 Å². The van der Waals surface area contributed by atoms with Crippen LogP contribution in [0.5, 0.6) is 0 Å². The van der Waals surface area contributed by atoms with Gasteiger partial charge in [-0.05, 0) is 74.9 Å². The molecule has 0 saturated heterocycles. The Balaban J connectivity index is 0.000000214. The standard InChI is InChI=1S/C32H24N2O4.C29H22NO2.C26H20.3W.6Y/c1-11-9-17-21-13(3)16(6)24-28-20(30(36)34(8)32(24)38)12(2)10-18(26(21)28)22-14(4)15(5)23-27(25(17)22)19(11)29(35)33(7)31(23)37;1-12-8-18-10-13(2)15(4)22-20-11-14(3)21-27-24(29(32)30(7)28(21)31)17(6)16(5)23(26(20)27)19(9-12)25(18)22;1-13-7-19-11-15(3)18(6)24-22-10-14(2)8-20-12-16(4)17(5)23(26(20)22)21(9-13)25(19)24;;;;;;;;;/h1-8H3;10H,1-7H3;7-8H,1-6H3;;;;;;;;;/q-2;-3;-4;;;;;;;;;.